The van der Waals surface area contributed by atoms with Gasteiger partial charge >= 0.3 is 0 Å². The van der Waals surface area contributed by atoms with Gasteiger partial charge in [0.05, 0.1) is 11.8 Å². The summed E-state index contributed by atoms with van der Waals surface area (Å²) in [6, 6.07) is 16.1. The Morgan fingerprint density at radius 2 is 1.77 bits per heavy atom. The highest BCUT2D eigenvalue weighted by molar-refractivity contribution is 6.15. The fourth-order valence-corrected chi connectivity index (χ4v) is 3.13. The van der Waals surface area contributed by atoms with E-state index in [4.69, 9.17) is 5.21 Å². The van der Waals surface area contributed by atoms with Crippen molar-refractivity contribution in [1.82, 2.24) is 0 Å². The van der Waals surface area contributed by atoms with Gasteiger partial charge in [0.1, 0.15) is 5.69 Å². The van der Waals surface area contributed by atoms with E-state index in [-0.39, 0.29) is 17.1 Å². The number of hydrogen-bond donors (Lipinski definition) is 5. The van der Waals surface area contributed by atoms with Crippen LogP contribution in [0.25, 0.3) is 10.8 Å². The largest absolute Gasteiger partial charge is 0.595 e. The van der Waals surface area contributed by atoms with E-state index < -0.39 is 10.5 Å². The molecule has 0 saturated heterocycles. The Morgan fingerprint density at radius 1 is 0.962 bits per heavy atom. The summed E-state index contributed by atoms with van der Waals surface area (Å²) in [6.45, 7) is 0. The van der Waals surface area contributed by atoms with Gasteiger partial charge < -0.3 is 10.4 Å². The molecule has 0 aromatic heterocycles. The number of fused-ring (bicyclic) bond motifs is 3. The molecule has 1 aliphatic rings. The highest BCUT2D eigenvalue weighted by atomic mass is 16.8. The number of rotatable bonds is 4. The second-order valence-electron chi connectivity index (χ2n) is 6.03. The molecule has 26 heavy (non-hydrogen) atoms. The number of hydrazone groups is 1. The molecule has 3 aromatic rings. The van der Waals surface area contributed by atoms with Crippen LogP contribution in [-0.4, -0.2) is 16.1 Å². The third-order valence-electron chi connectivity index (χ3n) is 4.50. The number of anilines is 1. The molecular formula is C18H16N4O4. The van der Waals surface area contributed by atoms with Crippen LogP contribution in [0.5, 0.6) is 0 Å². The van der Waals surface area contributed by atoms with Crippen molar-refractivity contribution >= 4 is 33.5 Å². The molecule has 0 heterocycles. The number of benzene rings is 3. The van der Waals surface area contributed by atoms with Crippen LogP contribution in [0.2, 0.25) is 0 Å². The molecule has 4 rings (SSSR count). The minimum atomic E-state index is -1.21. The summed E-state index contributed by atoms with van der Waals surface area (Å²) >= 11 is 0. The highest BCUT2D eigenvalue weighted by Gasteiger charge is 2.23. The molecule has 2 unspecified atom stereocenters. The summed E-state index contributed by atoms with van der Waals surface area (Å²) in [4.78, 5) is 0. The molecule has 1 aliphatic carbocycles. The maximum Gasteiger partial charge on any atom is 0.195 e. The maximum absolute atomic E-state index is 11.4. The Labute approximate surface area is 148 Å². The van der Waals surface area contributed by atoms with Gasteiger partial charge in [-0.1, -0.05) is 36.4 Å². The molecule has 3 aromatic carbocycles. The van der Waals surface area contributed by atoms with Crippen LogP contribution < -0.4 is 15.9 Å². The van der Waals surface area contributed by atoms with E-state index in [9.17, 15) is 15.6 Å². The third kappa shape index (κ3) is 2.82. The fourth-order valence-electron chi connectivity index (χ4n) is 3.13. The number of hydrogen-bond acceptors (Lipinski definition) is 6. The lowest BCUT2D eigenvalue weighted by Gasteiger charge is -2.24. The van der Waals surface area contributed by atoms with Gasteiger partial charge in [0, 0.05) is 18.1 Å². The first kappa shape index (κ1) is 16.6. The van der Waals surface area contributed by atoms with Crippen LogP contribution in [0, 0.1) is 10.4 Å². The molecule has 0 spiro atoms. The van der Waals surface area contributed by atoms with Crippen molar-refractivity contribution in [3.05, 3.63) is 76.1 Å². The van der Waals surface area contributed by atoms with Crippen molar-refractivity contribution in [2.24, 2.45) is 5.10 Å². The molecule has 0 saturated carbocycles. The Morgan fingerprint density at radius 3 is 2.54 bits per heavy atom. The normalized spacial score (nSPS) is 16.8. The number of quaternary nitrogens is 2. The van der Waals surface area contributed by atoms with Crippen LogP contribution in [-0.2, 0) is 6.42 Å². The molecule has 0 amide bonds. The van der Waals surface area contributed by atoms with E-state index in [1.54, 1.807) is 0 Å². The average molecular weight is 352 g/mol. The van der Waals surface area contributed by atoms with Crippen LogP contribution in [0.4, 0.5) is 17.1 Å². The van der Waals surface area contributed by atoms with Crippen molar-refractivity contribution < 1.29 is 20.9 Å². The molecule has 132 valence electrons. The first-order valence-electron chi connectivity index (χ1n) is 7.99. The zero-order chi connectivity index (χ0) is 18.3. The van der Waals surface area contributed by atoms with Crippen LogP contribution in [0.1, 0.15) is 11.1 Å². The topological polar surface area (TPSA) is 120 Å². The molecule has 2 atom stereocenters. The quantitative estimate of drug-likeness (QED) is 0.449. The van der Waals surface area contributed by atoms with Gasteiger partial charge in [-0.3, -0.25) is 5.43 Å². The Hall–Kier alpha value is -2.85. The zero-order valence-corrected chi connectivity index (χ0v) is 13.6. The SMILES string of the molecule is [O-][NH+](O)c1ccc(NN=C2Cc3c2ccc2ccccc32)c([NH+]([O-])O)c1. The minimum Gasteiger partial charge on any atom is -0.595 e. The van der Waals surface area contributed by atoms with Crippen LogP contribution in [0.15, 0.2) is 59.7 Å². The summed E-state index contributed by atoms with van der Waals surface area (Å²) in [5, 5.41) is 45.0. The smallest absolute Gasteiger partial charge is 0.195 e. The molecular weight excluding hydrogens is 336 g/mol. The maximum atomic E-state index is 11.4. The Balaban J connectivity index is 1.63. The van der Waals surface area contributed by atoms with Gasteiger partial charge in [0.25, 0.3) is 0 Å². The Kier molecular flexibility index (Phi) is 4.13. The van der Waals surface area contributed by atoms with E-state index in [0.29, 0.717) is 6.42 Å². The van der Waals surface area contributed by atoms with Crippen molar-refractivity contribution in [2.75, 3.05) is 5.43 Å². The number of nitrogens with zero attached hydrogens (tertiary/aromatic N) is 1. The van der Waals surface area contributed by atoms with Gasteiger partial charge in [0.15, 0.2) is 11.4 Å². The molecule has 5 N–H and O–H groups in total. The molecule has 0 fully saturated rings. The summed E-state index contributed by atoms with van der Waals surface area (Å²) in [5.41, 5.74) is 5.91. The summed E-state index contributed by atoms with van der Waals surface area (Å²) in [5.74, 6) is 0. The van der Waals surface area contributed by atoms with E-state index >= 15 is 0 Å². The second kappa shape index (κ2) is 6.46. The lowest BCUT2D eigenvalue weighted by Crippen LogP contribution is -3.00. The molecule has 0 bridgehead atoms. The van der Waals surface area contributed by atoms with Gasteiger partial charge in [-0.15, -0.1) is 0 Å². The van der Waals surface area contributed by atoms with Crippen molar-refractivity contribution in [1.29, 1.82) is 0 Å². The van der Waals surface area contributed by atoms with Crippen LogP contribution in [0.3, 0.4) is 0 Å². The lowest BCUT2D eigenvalue weighted by molar-refractivity contribution is -0.996. The molecule has 0 radical (unpaired) electrons. The number of nitrogens with one attached hydrogen (secondary N) is 3. The summed E-state index contributed by atoms with van der Waals surface area (Å²) in [7, 11) is 0. The third-order valence-corrected chi connectivity index (χ3v) is 4.50. The second-order valence-corrected chi connectivity index (χ2v) is 6.03. The van der Waals surface area contributed by atoms with Gasteiger partial charge in [-0.25, -0.2) is 10.4 Å². The zero-order valence-electron chi connectivity index (χ0n) is 13.6. The van der Waals surface area contributed by atoms with Gasteiger partial charge in [0.2, 0.25) is 0 Å². The van der Waals surface area contributed by atoms with Crippen LogP contribution >= 0.6 is 0 Å². The van der Waals surface area contributed by atoms with E-state index in [0.717, 1.165) is 17.3 Å². The monoisotopic (exact) mass is 352 g/mol. The van der Waals surface area contributed by atoms with Crippen molar-refractivity contribution in [3.8, 4) is 0 Å². The standard InChI is InChI=1S/C18H16N4O4/c23-21(24)12-6-8-16(18(9-12)22(25)26)19-20-17-10-15-13-4-2-1-3-11(13)5-7-14(15)17/h1-9,19,21-23,25H,10H2. The fraction of sp³-hybridized carbons (Fsp3) is 0.0556. The average Bonchev–Trinajstić information content (AvgIpc) is 2.61. The highest BCUT2D eigenvalue weighted by Crippen LogP contribution is 2.32. The molecule has 8 nitrogen and oxygen atoms in total. The minimum absolute atomic E-state index is 0.0823. The van der Waals surface area contributed by atoms with Gasteiger partial charge in [-0.2, -0.15) is 15.6 Å². The van der Waals surface area contributed by atoms with E-state index in [1.807, 2.05) is 24.3 Å². The predicted molar refractivity (Wildman–Crippen MR) is 95.8 cm³/mol. The Bertz CT molecular complexity index is 1020. The lowest BCUT2D eigenvalue weighted by atomic mass is 9.82. The van der Waals surface area contributed by atoms with Gasteiger partial charge in [-0.05, 0) is 22.4 Å². The first-order chi connectivity index (χ1) is 12.5. The summed E-state index contributed by atoms with van der Waals surface area (Å²) in [6.07, 6.45) is 0.694. The van der Waals surface area contributed by atoms with E-state index in [1.165, 1.54) is 28.5 Å². The molecule has 8 heteroatoms. The van der Waals surface area contributed by atoms with E-state index in [2.05, 4.69) is 22.7 Å². The van der Waals surface area contributed by atoms with Crippen molar-refractivity contribution in [2.45, 2.75) is 6.42 Å². The summed E-state index contributed by atoms with van der Waals surface area (Å²) < 4.78 is 0. The first-order valence-corrected chi connectivity index (χ1v) is 7.99. The molecule has 0 aliphatic heterocycles. The predicted octanol–water partition coefficient (Wildman–Crippen LogP) is 1.02. The van der Waals surface area contributed by atoms with Crippen molar-refractivity contribution in [3.63, 3.8) is 0 Å².